The average Bonchev–Trinajstić information content (AvgIpc) is 2.74. The van der Waals surface area contributed by atoms with Crippen molar-refractivity contribution in [1.29, 1.82) is 0 Å². The van der Waals surface area contributed by atoms with Crippen molar-refractivity contribution >= 4 is 22.0 Å². The van der Waals surface area contributed by atoms with Crippen molar-refractivity contribution in [1.82, 2.24) is 9.21 Å². The summed E-state index contributed by atoms with van der Waals surface area (Å²) in [5.74, 6) is -3.28. The number of rotatable bonds is 5. The predicted molar refractivity (Wildman–Crippen MR) is 109 cm³/mol. The number of aliphatic carboxylic acids is 2. The number of hydrogen-bond donors (Lipinski definition) is 2. The van der Waals surface area contributed by atoms with E-state index in [0.29, 0.717) is 38.5 Å². The maximum absolute atomic E-state index is 13.3. The molecule has 2 N–H and O–H groups in total. The summed E-state index contributed by atoms with van der Waals surface area (Å²) in [6.45, 7) is 2.69. The molecule has 11 heteroatoms. The van der Waals surface area contributed by atoms with Crippen LogP contribution in [0.4, 0.5) is 4.39 Å². The molecule has 31 heavy (non-hydrogen) atoms. The molecular weight excluding hydrogens is 431 g/mol. The molecule has 168 valence electrons. The lowest BCUT2D eigenvalue weighted by molar-refractivity contribution is -0.159. The van der Waals surface area contributed by atoms with Gasteiger partial charge in [-0.1, -0.05) is 12.1 Å². The van der Waals surface area contributed by atoms with Crippen molar-refractivity contribution in [2.24, 2.45) is 0 Å². The van der Waals surface area contributed by atoms with Gasteiger partial charge in [-0.25, -0.2) is 22.4 Å². The summed E-state index contributed by atoms with van der Waals surface area (Å²) in [5.41, 5.74) is 0.895. The third-order valence-electron chi connectivity index (χ3n) is 4.51. The first kappa shape index (κ1) is 24.3. The molecule has 1 aliphatic rings. The lowest BCUT2D eigenvalue weighted by atomic mass is 10.2. The highest BCUT2D eigenvalue weighted by molar-refractivity contribution is 7.89. The molecule has 0 saturated carbocycles. The van der Waals surface area contributed by atoms with Crippen LogP contribution in [-0.2, 0) is 26.2 Å². The summed E-state index contributed by atoms with van der Waals surface area (Å²) in [5, 5.41) is 14.8. The van der Waals surface area contributed by atoms with Crippen LogP contribution in [0.15, 0.2) is 53.4 Å². The number of piperazine rings is 1. The second-order valence-corrected chi connectivity index (χ2v) is 8.53. The molecule has 1 fully saturated rings. The highest BCUT2D eigenvalue weighted by Gasteiger charge is 2.28. The Morgan fingerprint density at radius 3 is 2.06 bits per heavy atom. The molecule has 1 saturated heterocycles. The van der Waals surface area contributed by atoms with Gasteiger partial charge < -0.3 is 14.9 Å². The van der Waals surface area contributed by atoms with Crippen LogP contribution in [0, 0.1) is 5.82 Å². The minimum atomic E-state index is -3.50. The van der Waals surface area contributed by atoms with E-state index in [1.807, 2.05) is 6.07 Å². The molecule has 1 heterocycles. The van der Waals surface area contributed by atoms with E-state index < -0.39 is 22.0 Å². The number of nitrogens with zero attached hydrogens (tertiary/aromatic N) is 2. The molecule has 0 radical (unpaired) electrons. The zero-order chi connectivity index (χ0) is 23.0. The Morgan fingerprint density at radius 1 is 1.00 bits per heavy atom. The van der Waals surface area contributed by atoms with Gasteiger partial charge >= 0.3 is 11.9 Å². The number of sulfonamides is 1. The predicted octanol–water partition coefficient (Wildman–Crippen LogP) is 1.50. The zero-order valence-electron chi connectivity index (χ0n) is 16.8. The third-order valence-corrected chi connectivity index (χ3v) is 6.42. The number of carboxylic acid groups (broad SMARTS) is 2. The maximum Gasteiger partial charge on any atom is 0.414 e. The van der Waals surface area contributed by atoms with E-state index in [-0.39, 0.29) is 10.7 Å². The Morgan fingerprint density at radius 2 is 1.58 bits per heavy atom. The number of carbonyl (C=O) groups is 2. The normalized spacial score (nSPS) is 14.9. The summed E-state index contributed by atoms with van der Waals surface area (Å²) in [7, 11) is -1.96. The lowest BCUT2D eigenvalue weighted by Crippen LogP contribution is -2.48. The van der Waals surface area contributed by atoms with Crippen LogP contribution in [-0.4, -0.2) is 73.1 Å². The second-order valence-electron chi connectivity index (χ2n) is 6.60. The van der Waals surface area contributed by atoms with Crippen LogP contribution >= 0.6 is 0 Å². The van der Waals surface area contributed by atoms with Gasteiger partial charge in [-0.05, 0) is 42.0 Å². The molecule has 1 aliphatic heterocycles. The number of carboxylic acids is 2. The maximum atomic E-state index is 13.3. The standard InChI is InChI=1S/C18H21FN2O3S.C2H2O4/c1-24-17-5-7-18(8-6-17)25(22,23)21-11-9-20(10-12-21)14-15-3-2-4-16(19)13-15;3-1(4)2(5)6/h2-8,13H,9-12,14H2,1H3;(H,3,4)(H,5,6). The first-order valence-electron chi connectivity index (χ1n) is 9.20. The minimum Gasteiger partial charge on any atom is -0.497 e. The van der Waals surface area contributed by atoms with Crippen molar-refractivity contribution < 1.29 is 37.3 Å². The topological polar surface area (TPSA) is 124 Å². The Balaban J connectivity index is 0.000000501. The van der Waals surface area contributed by atoms with Crippen LogP contribution in [0.25, 0.3) is 0 Å². The Labute approximate surface area is 179 Å². The third kappa shape index (κ3) is 7.02. The van der Waals surface area contributed by atoms with Crippen LogP contribution < -0.4 is 4.74 Å². The average molecular weight is 454 g/mol. The Bertz CT molecular complexity index is 992. The van der Waals surface area contributed by atoms with Crippen molar-refractivity contribution in [2.75, 3.05) is 33.3 Å². The van der Waals surface area contributed by atoms with E-state index in [1.165, 1.54) is 16.4 Å². The van der Waals surface area contributed by atoms with Crippen molar-refractivity contribution in [3.63, 3.8) is 0 Å². The first-order valence-corrected chi connectivity index (χ1v) is 10.6. The van der Waals surface area contributed by atoms with Gasteiger partial charge in [0.25, 0.3) is 0 Å². The lowest BCUT2D eigenvalue weighted by Gasteiger charge is -2.34. The monoisotopic (exact) mass is 454 g/mol. The number of benzene rings is 2. The van der Waals surface area contributed by atoms with Gasteiger partial charge in [-0.2, -0.15) is 4.31 Å². The first-order chi connectivity index (χ1) is 14.6. The largest absolute Gasteiger partial charge is 0.497 e. The molecule has 9 nitrogen and oxygen atoms in total. The molecule has 0 unspecified atom stereocenters. The second kappa shape index (κ2) is 10.8. The van der Waals surface area contributed by atoms with Crippen LogP contribution in [0.1, 0.15) is 5.56 Å². The van der Waals surface area contributed by atoms with E-state index in [0.717, 1.165) is 5.56 Å². The fourth-order valence-corrected chi connectivity index (χ4v) is 4.34. The number of hydrogen-bond acceptors (Lipinski definition) is 6. The van der Waals surface area contributed by atoms with Crippen LogP contribution in [0.2, 0.25) is 0 Å². The molecular formula is C20H23FN2O7S. The fourth-order valence-electron chi connectivity index (χ4n) is 2.92. The van der Waals surface area contributed by atoms with Gasteiger partial charge in [0.05, 0.1) is 12.0 Å². The van der Waals surface area contributed by atoms with Gasteiger partial charge in [0, 0.05) is 32.7 Å². The highest BCUT2D eigenvalue weighted by atomic mass is 32.2. The molecule has 2 aromatic rings. The van der Waals surface area contributed by atoms with Gasteiger partial charge in [-0.15, -0.1) is 0 Å². The summed E-state index contributed by atoms with van der Waals surface area (Å²) in [6, 6.07) is 12.9. The number of methoxy groups -OCH3 is 1. The molecule has 2 aromatic carbocycles. The van der Waals surface area contributed by atoms with Crippen LogP contribution in [0.5, 0.6) is 5.75 Å². The Kier molecular flexibility index (Phi) is 8.48. The summed E-state index contributed by atoms with van der Waals surface area (Å²) in [6.07, 6.45) is 0. The van der Waals surface area contributed by atoms with Gasteiger partial charge in [0.2, 0.25) is 10.0 Å². The van der Waals surface area contributed by atoms with Crippen molar-refractivity contribution in [3.05, 3.63) is 59.9 Å². The smallest absolute Gasteiger partial charge is 0.414 e. The van der Waals surface area contributed by atoms with E-state index >= 15 is 0 Å². The van der Waals surface area contributed by atoms with Gasteiger partial charge in [0.15, 0.2) is 0 Å². The van der Waals surface area contributed by atoms with Gasteiger partial charge in [-0.3, -0.25) is 4.90 Å². The molecule has 0 aliphatic carbocycles. The summed E-state index contributed by atoms with van der Waals surface area (Å²) in [4.78, 5) is 20.6. The minimum absolute atomic E-state index is 0.252. The fraction of sp³-hybridized carbons (Fsp3) is 0.300. The highest BCUT2D eigenvalue weighted by Crippen LogP contribution is 2.21. The molecule has 0 aromatic heterocycles. The number of halogens is 1. The SMILES string of the molecule is COc1ccc(S(=O)(=O)N2CCN(Cc3cccc(F)c3)CC2)cc1.O=C(O)C(=O)O. The van der Waals surface area contributed by atoms with E-state index in [4.69, 9.17) is 24.5 Å². The molecule has 0 amide bonds. The zero-order valence-corrected chi connectivity index (χ0v) is 17.6. The Hall–Kier alpha value is -3.02. The van der Waals surface area contributed by atoms with Crippen LogP contribution in [0.3, 0.4) is 0 Å². The van der Waals surface area contributed by atoms with E-state index in [9.17, 15) is 12.8 Å². The van der Waals surface area contributed by atoms with E-state index in [2.05, 4.69) is 4.90 Å². The van der Waals surface area contributed by atoms with Crippen molar-refractivity contribution in [3.8, 4) is 5.75 Å². The van der Waals surface area contributed by atoms with Crippen molar-refractivity contribution in [2.45, 2.75) is 11.4 Å². The molecule has 0 atom stereocenters. The number of ether oxygens (including phenoxy) is 1. The molecule has 0 spiro atoms. The summed E-state index contributed by atoms with van der Waals surface area (Å²) >= 11 is 0. The van der Waals surface area contributed by atoms with E-state index in [1.54, 1.807) is 37.4 Å². The quantitative estimate of drug-likeness (QED) is 0.652. The summed E-state index contributed by atoms with van der Waals surface area (Å²) < 4.78 is 45.3. The molecule has 0 bridgehead atoms. The van der Waals surface area contributed by atoms with Gasteiger partial charge in [0.1, 0.15) is 11.6 Å². The molecule has 3 rings (SSSR count).